The van der Waals surface area contributed by atoms with Gasteiger partial charge in [-0.3, -0.25) is 14.9 Å². The first-order chi connectivity index (χ1) is 14.8. The van der Waals surface area contributed by atoms with Crippen molar-refractivity contribution < 1.29 is 14.3 Å². The lowest BCUT2D eigenvalue weighted by atomic mass is 10.1. The lowest BCUT2D eigenvalue weighted by Crippen LogP contribution is -2.20. The minimum absolute atomic E-state index is 0.146. The minimum Gasteiger partial charge on any atom is -0.482 e. The monoisotopic (exact) mass is 496 g/mol. The fraction of sp³-hybridized carbons (Fsp3) is 0.200. The third-order valence-corrected chi connectivity index (χ3v) is 6.61. The number of benzene rings is 2. The van der Waals surface area contributed by atoms with Crippen LogP contribution in [-0.4, -0.2) is 34.4 Å². The number of hydrogen-bond donors (Lipinski definition) is 2. The summed E-state index contributed by atoms with van der Waals surface area (Å²) >= 11 is 14.2. The van der Waals surface area contributed by atoms with Crippen molar-refractivity contribution in [2.75, 3.05) is 23.0 Å². The Kier molecular flexibility index (Phi) is 8.14. The number of aromatic nitrogens is 2. The lowest BCUT2D eigenvalue weighted by Gasteiger charge is -2.09. The van der Waals surface area contributed by atoms with Crippen LogP contribution in [0.4, 0.5) is 10.8 Å². The first-order valence-electron chi connectivity index (χ1n) is 9.02. The van der Waals surface area contributed by atoms with Gasteiger partial charge in [0.05, 0.1) is 10.8 Å². The third-order valence-electron chi connectivity index (χ3n) is 4.11. The van der Waals surface area contributed by atoms with Gasteiger partial charge in [0, 0.05) is 10.7 Å². The zero-order valence-corrected chi connectivity index (χ0v) is 19.7. The van der Waals surface area contributed by atoms with Gasteiger partial charge in [-0.05, 0) is 49.2 Å². The standard InChI is InChI=1S/C20H18Cl2N4O3S2/c1-11-4-3-5-15(12(11)2)23-18(28)10-30-20-26-25-19(31-20)24-17(27)9-29-16-7-6-13(21)8-14(16)22/h3-8H,9-10H2,1-2H3,(H,23,28)(H,24,25,27). The molecular formula is C20H18Cl2N4O3S2. The molecule has 3 rings (SSSR count). The zero-order valence-electron chi connectivity index (χ0n) is 16.6. The Morgan fingerprint density at radius 1 is 1.10 bits per heavy atom. The van der Waals surface area contributed by atoms with E-state index in [0.29, 0.717) is 25.3 Å². The van der Waals surface area contributed by atoms with Crippen molar-refractivity contribution >= 4 is 68.9 Å². The summed E-state index contributed by atoms with van der Waals surface area (Å²) in [6.45, 7) is 3.70. The molecule has 11 heteroatoms. The Morgan fingerprint density at radius 3 is 2.68 bits per heavy atom. The van der Waals surface area contributed by atoms with Crippen molar-refractivity contribution in [1.82, 2.24) is 10.2 Å². The number of carbonyl (C=O) groups is 2. The van der Waals surface area contributed by atoms with Crippen LogP contribution in [0.2, 0.25) is 10.0 Å². The molecule has 7 nitrogen and oxygen atoms in total. The van der Waals surface area contributed by atoms with E-state index >= 15 is 0 Å². The molecule has 0 radical (unpaired) electrons. The number of nitrogens with zero attached hydrogens (tertiary/aromatic N) is 2. The molecule has 0 spiro atoms. The van der Waals surface area contributed by atoms with Crippen molar-refractivity contribution in [3.05, 3.63) is 57.6 Å². The highest BCUT2D eigenvalue weighted by molar-refractivity contribution is 8.01. The van der Waals surface area contributed by atoms with E-state index in [1.807, 2.05) is 32.0 Å². The minimum atomic E-state index is -0.411. The van der Waals surface area contributed by atoms with Crippen LogP contribution < -0.4 is 15.4 Å². The molecule has 1 heterocycles. The molecule has 2 amide bonds. The molecule has 0 saturated carbocycles. The summed E-state index contributed by atoms with van der Waals surface area (Å²) in [5.41, 5.74) is 2.93. The van der Waals surface area contributed by atoms with Crippen molar-refractivity contribution in [2.24, 2.45) is 0 Å². The predicted octanol–water partition coefficient (Wildman–Crippen LogP) is 5.21. The maximum absolute atomic E-state index is 12.2. The molecule has 1 aromatic heterocycles. The van der Waals surface area contributed by atoms with E-state index < -0.39 is 5.91 Å². The Balaban J connectivity index is 1.45. The van der Waals surface area contributed by atoms with Gasteiger partial charge in [-0.1, -0.05) is 58.4 Å². The Bertz CT molecular complexity index is 1110. The van der Waals surface area contributed by atoms with E-state index in [1.54, 1.807) is 12.1 Å². The fourth-order valence-corrected chi connectivity index (χ4v) is 4.44. The van der Waals surface area contributed by atoms with E-state index in [9.17, 15) is 9.59 Å². The molecule has 3 aromatic rings. The van der Waals surface area contributed by atoms with Gasteiger partial charge in [-0.25, -0.2) is 0 Å². The number of anilines is 2. The molecule has 2 N–H and O–H groups in total. The third kappa shape index (κ3) is 6.83. The van der Waals surface area contributed by atoms with Gasteiger partial charge in [0.1, 0.15) is 5.75 Å². The van der Waals surface area contributed by atoms with Gasteiger partial charge in [0.25, 0.3) is 5.91 Å². The van der Waals surface area contributed by atoms with Crippen LogP contribution in [0.5, 0.6) is 5.75 Å². The van der Waals surface area contributed by atoms with Gasteiger partial charge in [-0.2, -0.15) is 0 Å². The van der Waals surface area contributed by atoms with Crippen molar-refractivity contribution in [3.8, 4) is 5.75 Å². The molecule has 31 heavy (non-hydrogen) atoms. The number of nitrogens with one attached hydrogen (secondary N) is 2. The molecule has 162 valence electrons. The van der Waals surface area contributed by atoms with Crippen LogP contribution in [-0.2, 0) is 9.59 Å². The van der Waals surface area contributed by atoms with Crippen LogP contribution in [0.15, 0.2) is 40.7 Å². The Hall–Kier alpha value is -2.33. The van der Waals surface area contributed by atoms with E-state index in [2.05, 4.69) is 20.8 Å². The fourth-order valence-electron chi connectivity index (χ4n) is 2.41. The molecule has 0 atom stereocenters. The Morgan fingerprint density at radius 2 is 1.90 bits per heavy atom. The molecule has 0 unspecified atom stereocenters. The van der Waals surface area contributed by atoms with Gasteiger partial charge >= 0.3 is 0 Å². The topological polar surface area (TPSA) is 93.2 Å². The second kappa shape index (κ2) is 10.8. The number of aryl methyl sites for hydroxylation is 1. The molecule has 2 aromatic carbocycles. The number of amides is 2. The normalized spacial score (nSPS) is 10.6. The number of carbonyl (C=O) groups excluding carboxylic acids is 2. The van der Waals surface area contributed by atoms with Crippen molar-refractivity contribution in [1.29, 1.82) is 0 Å². The zero-order chi connectivity index (χ0) is 22.4. The molecule has 0 aliphatic rings. The van der Waals surface area contributed by atoms with E-state index in [4.69, 9.17) is 27.9 Å². The quantitative estimate of drug-likeness (QED) is 0.328. The highest BCUT2D eigenvalue weighted by atomic mass is 35.5. The maximum Gasteiger partial charge on any atom is 0.264 e. The second-order valence-electron chi connectivity index (χ2n) is 6.37. The molecule has 0 fully saturated rings. The number of ether oxygens (including phenoxy) is 1. The van der Waals surface area contributed by atoms with Crippen LogP contribution in [0.25, 0.3) is 0 Å². The number of thioether (sulfide) groups is 1. The SMILES string of the molecule is Cc1cccc(NC(=O)CSc2nnc(NC(=O)COc3ccc(Cl)cc3Cl)s2)c1C. The average Bonchev–Trinajstić information content (AvgIpc) is 3.16. The largest absolute Gasteiger partial charge is 0.482 e. The molecular weight excluding hydrogens is 479 g/mol. The highest BCUT2D eigenvalue weighted by Crippen LogP contribution is 2.28. The smallest absolute Gasteiger partial charge is 0.264 e. The first kappa shape index (κ1) is 23.3. The molecule has 0 saturated heterocycles. The van der Waals surface area contributed by atoms with Crippen LogP contribution in [0.1, 0.15) is 11.1 Å². The van der Waals surface area contributed by atoms with Crippen LogP contribution in [0.3, 0.4) is 0 Å². The molecule has 0 aliphatic carbocycles. The first-order valence-corrected chi connectivity index (χ1v) is 11.6. The summed E-state index contributed by atoms with van der Waals surface area (Å²) in [5, 5.41) is 14.5. The summed E-state index contributed by atoms with van der Waals surface area (Å²) < 4.78 is 5.94. The maximum atomic E-state index is 12.2. The van der Waals surface area contributed by atoms with Gasteiger partial charge in [0.2, 0.25) is 11.0 Å². The second-order valence-corrected chi connectivity index (χ2v) is 9.41. The Labute approximate surface area is 197 Å². The predicted molar refractivity (Wildman–Crippen MR) is 126 cm³/mol. The molecule has 0 bridgehead atoms. The average molecular weight is 497 g/mol. The summed E-state index contributed by atoms with van der Waals surface area (Å²) in [6.07, 6.45) is 0. The van der Waals surface area contributed by atoms with E-state index in [0.717, 1.165) is 16.8 Å². The number of hydrogen-bond acceptors (Lipinski definition) is 7. The summed E-state index contributed by atoms with van der Waals surface area (Å²) in [7, 11) is 0. The highest BCUT2D eigenvalue weighted by Gasteiger charge is 2.13. The van der Waals surface area contributed by atoms with Crippen LogP contribution in [0, 0.1) is 13.8 Å². The number of rotatable bonds is 8. The van der Waals surface area contributed by atoms with E-state index in [-0.39, 0.29) is 18.3 Å². The van der Waals surface area contributed by atoms with Crippen molar-refractivity contribution in [3.63, 3.8) is 0 Å². The summed E-state index contributed by atoms with van der Waals surface area (Å²) in [5.74, 6) is -0.0302. The number of halogens is 2. The van der Waals surface area contributed by atoms with Crippen LogP contribution >= 0.6 is 46.3 Å². The lowest BCUT2D eigenvalue weighted by molar-refractivity contribution is -0.118. The summed E-state index contributed by atoms with van der Waals surface area (Å²) in [4.78, 5) is 24.3. The van der Waals surface area contributed by atoms with Gasteiger partial charge in [-0.15, -0.1) is 10.2 Å². The molecule has 0 aliphatic heterocycles. The van der Waals surface area contributed by atoms with Gasteiger partial charge in [0.15, 0.2) is 10.9 Å². The summed E-state index contributed by atoms with van der Waals surface area (Å²) in [6, 6.07) is 10.5. The van der Waals surface area contributed by atoms with Gasteiger partial charge < -0.3 is 10.1 Å². The van der Waals surface area contributed by atoms with E-state index in [1.165, 1.54) is 29.2 Å². The van der Waals surface area contributed by atoms with Crippen molar-refractivity contribution in [2.45, 2.75) is 18.2 Å².